The summed E-state index contributed by atoms with van der Waals surface area (Å²) in [4.78, 5) is 0. The third-order valence-electron chi connectivity index (χ3n) is 4.80. The zero-order valence-corrected chi connectivity index (χ0v) is 14.9. The van der Waals surface area contributed by atoms with E-state index in [-0.39, 0.29) is 0 Å². The molecule has 20 heavy (non-hydrogen) atoms. The van der Waals surface area contributed by atoms with E-state index in [1.54, 1.807) is 0 Å². The lowest BCUT2D eigenvalue weighted by Gasteiger charge is -2.22. The largest absolute Gasteiger partial charge is 0.382 e. The van der Waals surface area contributed by atoms with Crippen LogP contribution in [0.15, 0.2) is 16.6 Å². The molecule has 2 unspecified atom stereocenters. The van der Waals surface area contributed by atoms with Crippen molar-refractivity contribution in [2.75, 3.05) is 5.32 Å². The van der Waals surface area contributed by atoms with Crippen LogP contribution in [0.1, 0.15) is 57.1 Å². The number of aryl methyl sites for hydroxylation is 2. The van der Waals surface area contributed by atoms with E-state index in [1.807, 2.05) is 0 Å². The maximum atomic E-state index is 3.82. The molecule has 1 saturated carbocycles. The summed E-state index contributed by atoms with van der Waals surface area (Å²) in [5.74, 6) is 1.76. The SMILES string of the molecule is Cc1cc(Br)cc(C)c1NC1CCCC(C(C)C)CC1. The number of nitrogens with one attached hydrogen (secondary N) is 1. The Morgan fingerprint density at radius 1 is 1.05 bits per heavy atom. The van der Waals surface area contributed by atoms with Crippen molar-refractivity contribution in [3.8, 4) is 0 Å². The minimum absolute atomic E-state index is 0.650. The van der Waals surface area contributed by atoms with Gasteiger partial charge in [0.25, 0.3) is 0 Å². The summed E-state index contributed by atoms with van der Waals surface area (Å²) in [5, 5.41) is 3.82. The Morgan fingerprint density at radius 2 is 1.70 bits per heavy atom. The highest BCUT2D eigenvalue weighted by Gasteiger charge is 2.21. The number of anilines is 1. The Bertz CT molecular complexity index is 430. The summed E-state index contributed by atoms with van der Waals surface area (Å²) in [6.07, 6.45) is 6.79. The summed E-state index contributed by atoms with van der Waals surface area (Å²) < 4.78 is 1.18. The van der Waals surface area contributed by atoms with Gasteiger partial charge in [-0.25, -0.2) is 0 Å². The molecule has 1 N–H and O–H groups in total. The van der Waals surface area contributed by atoms with Gasteiger partial charge in [0.2, 0.25) is 0 Å². The standard InChI is InChI=1S/C18H28BrN/c1-12(2)15-6-5-7-17(9-8-15)20-18-13(3)10-16(19)11-14(18)4/h10-12,15,17,20H,5-9H2,1-4H3. The lowest BCUT2D eigenvalue weighted by Crippen LogP contribution is -2.20. The molecule has 112 valence electrons. The highest BCUT2D eigenvalue weighted by molar-refractivity contribution is 9.10. The van der Waals surface area contributed by atoms with Crippen LogP contribution in [0.5, 0.6) is 0 Å². The topological polar surface area (TPSA) is 12.0 Å². The zero-order chi connectivity index (χ0) is 14.7. The second-order valence-corrected chi connectivity index (χ2v) is 7.68. The van der Waals surface area contributed by atoms with Crippen molar-refractivity contribution in [3.05, 3.63) is 27.7 Å². The summed E-state index contributed by atoms with van der Waals surface area (Å²) in [5.41, 5.74) is 4.05. The highest BCUT2D eigenvalue weighted by Crippen LogP contribution is 2.32. The first-order valence-corrected chi connectivity index (χ1v) is 8.80. The summed E-state index contributed by atoms with van der Waals surface area (Å²) in [7, 11) is 0. The van der Waals surface area contributed by atoms with Crippen molar-refractivity contribution < 1.29 is 0 Å². The summed E-state index contributed by atoms with van der Waals surface area (Å²) >= 11 is 3.58. The fourth-order valence-electron chi connectivity index (χ4n) is 3.48. The maximum absolute atomic E-state index is 3.82. The number of benzene rings is 1. The molecule has 0 saturated heterocycles. The molecule has 1 nitrogen and oxygen atoms in total. The Balaban J connectivity index is 2.04. The van der Waals surface area contributed by atoms with Crippen LogP contribution in [0.3, 0.4) is 0 Å². The average molecular weight is 338 g/mol. The molecule has 0 bridgehead atoms. The fraction of sp³-hybridized carbons (Fsp3) is 0.667. The van der Waals surface area contributed by atoms with E-state index in [2.05, 4.69) is 61.1 Å². The van der Waals surface area contributed by atoms with E-state index in [0.29, 0.717) is 6.04 Å². The smallest absolute Gasteiger partial charge is 0.0402 e. The van der Waals surface area contributed by atoms with Gasteiger partial charge >= 0.3 is 0 Å². The van der Waals surface area contributed by atoms with E-state index < -0.39 is 0 Å². The second-order valence-electron chi connectivity index (χ2n) is 6.77. The van der Waals surface area contributed by atoms with Crippen molar-refractivity contribution in [3.63, 3.8) is 0 Å². The lowest BCUT2D eigenvalue weighted by atomic mass is 9.89. The third-order valence-corrected chi connectivity index (χ3v) is 5.26. The predicted octanol–water partition coefficient (Wildman–Crippen LogP) is 6.08. The van der Waals surface area contributed by atoms with Crippen LogP contribution in [-0.4, -0.2) is 6.04 Å². The normalized spacial score (nSPS) is 23.7. The molecule has 0 radical (unpaired) electrons. The van der Waals surface area contributed by atoms with Gasteiger partial charge in [-0.1, -0.05) is 42.6 Å². The van der Waals surface area contributed by atoms with Crippen LogP contribution in [0.2, 0.25) is 0 Å². The first-order valence-electron chi connectivity index (χ1n) is 8.00. The zero-order valence-electron chi connectivity index (χ0n) is 13.3. The molecular formula is C18H28BrN. The molecule has 0 aliphatic heterocycles. The third kappa shape index (κ3) is 4.00. The van der Waals surface area contributed by atoms with Crippen LogP contribution in [-0.2, 0) is 0 Å². The quantitative estimate of drug-likeness (QED) is 0.658. The van der Waals surface area contributed by atoms with Crippen molar-refractivity contribution >= 4 is 21.6 Å². The van der Waals surface area contributed by atoms with Crippen LogP contribution in [0, 0.1) is 25.7 Å². The lowest BCUT2D eigenvalue weighted by molar-refractivity contribution is 0.341. The van der Waals surface area contributed by atoms with Crippen LogP contribution in [0.25, 0.3) is 0 Å². The molecular weight excluding hydrogens is 310 g/mol. The first kappa shape index (κ1) is 15.9. The van der Waals surface area contributed by atoms with Gasteiger partial charge in [0.15, 0.2) is 0 Å². The minimum Gasteiger partial charge on any atom is -0.382 e. The Morgan fingerprint density at radius 3 is 2.30 bits per heavy atom. The van der Waals surface area contributed by atoms with Crippen LogP contribution >= 0.6 is 15.9 Å². The van der Waals surface area contributed by atoms with Gasteiger partial charge in [-0.15, -0.1) is 0 Å². The number of hydrogen-bond donors (Lipinski definition) is 1. The van der Waals surface area contributed by atoms with E-state index in [9.17, 15) is 0 Å². The van der Waals surface area contributed by atoms with E-state index >= 15 is 0 Å². The fourth-order valence-corrected chi connectivity index (χ4v) is 4.17. The molecule has 1 aliphatic carbocycles. The van der Waals surface area contributed by atoms with Gasteiger partial charge < -0.3 is 5.32 Å². The van der Waals surface area contributed by atoms with E-state index in [1.165, 1.54) is 53.4 Å². The van der Waals surface area contributed by atoms with Crippen molar-refractivity contribution in [2.45, 2.75) is 65.8 Å². The van der Waals surface area contributed by atoms with Gasteiger partial charge in [0.1, 0.15) is 0 Å². The summed E-state index contributed by atoms with van der Waals surface area (Å²) in [6.45, 7) is 9.16. The van der Waals surface area contributed by atoms with E-state index in [0.717, 1.165) is 11.8 Å². The van der Waals surface area contributed by atoms with Crippen molar-refractivity contribution in [1.82, 2.24) is 0 Å². The van der Waals surface area contributed by atoms with Gasteiger partial charge in [-0.2, -0.15) is 0 Å². The van der Waals surface area contributed by atoms with Gasteiger partial charge in [-0.3, -0.25) is 0 Å². The Hall–Kier alpha value is -0.500. The minimum atomic E-state index is 0.650. The molecule has 2 rings (SSSR count). The molecule has 1 fully saturated rings. The number of rotatable bonds is 3. The molecule has 1 aromatic rings. The van der Waals surface area contributed by atoms with E-state index in [4.69, 9.17) is 0 Å². The Labute approximate surface area is 132 Å². The molecule has 1 aromatic carbocycles. The number of halogens is 1. The van der Waals surface area contributed by atoms with Crippen LogP contribution in [0.4, 0.5) is 5.69 Å². The molecule has 0 spiro atoms. The highest BCUT2D eigenvalue weighted by atomic mass is 79.9. The molecule has 0 heterocycles. The molecule has 0 aromatic heterocycles. The van der Waals surface area contributed by atoms with Crippen molar-refractivity contribution in [2.24, 2.45) is 11.8 Å². The van der Waals surface area contributed by atoms with Gasteiger partial charge in [-0.05, 0) is 68.2 Å². The first-order chi connectivity index (χ1) is 9.47. The van der Waals surface area contributed by atoms with Crippen molar-refractivity contribution in [1.29, 1.82) is 0 Å². The van der Waals surface area contributed by atoms with Crippen LogP contribution < -0.4 is 5.32 Å². The summed E-state index contributed by atoms with van der Waals surface area (Å²) in [6, 6.07) is 5.07. The maximum Gasteiger partial charge on any atom is 0.0402 e. The molecule has 2 atom stereocenters. The second kappa shape index (κ2) is 6.98. The Kier molecular flexibility index (Phi) is 5.54. The monoisotopic (exact) mass is 337 g/mol. The number of hydrogen-bond acceptors (Lipinski definition) is 1. The van der Waals surface area contributed by atoms with Gasteiger partial charge in [0.05, 0.1) is 0 Å². The average Bonchev–Trinajstić information content (AvgIpc) is 2.59. The molecule has 2 heteroatoms. The van der Waals surface area contributed by atoms with Gasteiger partial charge in [0, 0.05) is 16.2 Å². The molecule has 1 aliphatic rings. The predicted molar refractivity (Wildman–Crippen MR) is 92.4 cm³/mol. The molecule has 0 amide bonds.